The molecule has 15 heavy (non-hydrogen) atoms. The first-order valence-electron chi connectivity index (χ1n) is 4.71. The molecule has 2 rings (SSSR count). The highest BCUT2D eigenvalue weighted by atomic mass is 32.1. The maximum absolute atomic E-state index is 5.82. The lowest BCUT2D eigenvalue weighted by Crippen LogP contribution is -1.93. The monoisotopic (exact) mass is 219 g/mol. The van der Waals surface area contributed by atoms with E-state index in [2.05, 4.69) is 10.3 Å². The van der Waals surface area contributed by atoms with Crippen LogP contribution in [0.3, 0.4) is 0 Å². The van der Waals surface area contributed by atoms with Crippen LogP contribution >= 0.6 is 11.3 Å². The number of hydrogen-bond acceptors (Lipinski definition) is 4. The van der Waals surface area contributed by atoms with E-state index in [9.17, 15) is 0 Å². The molecule has 0 fully saturated rings. The Labute approximate surface area is 93.0 Å². The molecule has 0 radical (unpaired) electrons. The fraction of sp³-hybridized carbons (Fsp3) is 0.182. The molecule has 3 nitrogen and oxygen atoms in total. The molecule has 1 heterocycles. The van der Waals surface area contributed by atoms with Crippen molar-refractivity contribution in [1.29, 1.82) is 0 Å². The molecule has 0 unspecified atom stereocenters. The summed E-state index contributed by atoms with van der Waals surface area (Å²) in [6.07, 6.45) is 1.85. The van der Waals surface area contributed by atoms with E-state index in [1.165, 1.54) is 4.88 Å². The summed E-state index contributed by atoms with van der Waals surface area (Å²) in [6.45, 7) is 4.03. The summed E-state index contributed by atoms with van der Waals surface area (Å²) >= 11 is 1.63. The van der Waals surface area contributed by atoms with E-state index < -0.39 is 0 Å². The molecule has 0 bridgehead atoms. The Morgan fingerprint density at radius 3 is 2.73 bits per heavy atom. The van der Waals surface area contributed by atoms with Crippen LogP contribution in [0.25, 0.3) is 0 Å². The molecule has 3 N–H and O–H groups in total. The largest absolute Gasteiger partial charge is 0.398 e. The van der Waals surface area contributed by atoms with Crippen LogP contribution in [0.5, 0.6) is 0 Å². The van der Waals surface area contributed by atoms with Gasteiger partial charge in [-0.05, 0) is 31.5 Å². The van der Waals surface area contributed by atoms with E-state index >= 15 is 0 Å². The van der Waals surface area contributed by atoms with Crippen molar-refractivity contribution in [2.75, 3.05) is 11.1 Å². The van der Waals surface area contributed by atoms with Crippen LogP contribution in [0.1, 0.15) is 10.4 Å². The average molecular weight is 219 g/mol. The van der Waals surface area contributed by atoms with Gasteiger partial charge in [0.15, 0.2) is 5.13 Å². The van der Waals surface area contributed by atoms with Crippen LogP contribution in [0.4, 0.5) is 16.5 Å². The highest BCUT2D eigenvalue weighted by Gasteiger charge is 2.00. The zero-order valence-corrected chi connectivity index (χ0v) is 9.56. The van der Waals surface area contributed by atoms with E-state index in [-0.39, 0.29) is 0 Å². The minimum atomic E-state index is 0.799. The van der Waals surface area contributed by atoms with Gasteiger partial charge in [-0.2, -0.15) is 0 Å². The van der Waals surface area contributed by atoms with Gasteiger partial charge < -0.3 is 11.1 Å². The van der Waals surface area contributed by atoms with Crippen molar-refractivity contribution < 1.29 is 0 Å². The second-order valence-corrected chi connectivity index (χ2v) is 4.71. The number of aromatic nitrogens is 1. The molecule has 0 amide bonds. The number of nitrogens with zero attached hydrogens (tertiary/aromatic N) is 1. The minimum absolute atomic E-state index is 0.799. The van der Waals surface area contributed by atoms with Gasteiger partial charge in [-0.3, -0.25) is 0 Å². The van der Waals surface area contributed by atoms with Crippen molar-refractivity contribution in [3.05, 3.63) is 34.8 Å². The zero-order valence-electron chi connectivity index (χ0n) is 8.74. The van der Waals surface area contributed by atoms with Crippen molar-refractivity contribution >= 4 is 27.8 Å². The molecule has 0 atom stereocenters. The Morgan fingerprint density at radius 1 is 1.33 bits per heavy atom. The molecule has 0 aliphatic carbocycles. The third-order valence-corrected chi connectivity index (χ3v) is 2.98. The second kappa shape index (κ2) is 3.90. The number of aryl methyl sites for hydroxylation is 2. The van der Waals surface area contributed by atoms with Gasteiger partial charge in [0.25, 0.3) is 0 Å². The molecule has 0 saturated carbocycles. The molecule has 0 aliphatic rings. The molecule has 1 aromatic carbocycles. The topological polar surface area (TPSA) is 50.9 Å². The fourth-order valence-corrected chi connectivity index (χ4v) is 1.94. The first-order chi connectivity index (χ1) is 7.15. The van der Waals surface area contributed by atoms with E-state index in [0.29, 0.717) is 0 Å². The number of thiazole rings is 1. The quantitative estimate of drug-likeness (QED) is 0.763. The normalized spacial score (nSPS) is 10.3. The Morgan fingerprint density at radius 2 is 2.13 bits per heavy atom. The average Bonchev–Trinajstić information content (AvgIpc) is 2.58. The van der Waals surface area contributed by atoms with Crippen LogP contribution in [0.2, 0.25) is 0 Å². The first kappa shape index (κ1) is 9.98. The van der Waals surface area contributed by atoms with Crippen molar-refractivity contribution in [3.63, 3.8) is 0 Å². The van der Waals surface area contributed by atoms with Crippen LogP contribution < -0.4 is 11.1 Å². The fourth-order valence-electron chi connectivity index (χ4n) is 1.25. The summed E-state index contributed by atoms with van der Waals surface area (Å²) in [6, 6.07) is 5.92. The van der Waals surface area contributed by atoms with E-state index in [1.54, 1.807) is 11.3 Å². The third kappa shape index (κ3) is 2.27. The summed E-state index contributed by atoms with van der Waals surface area (Å²) in [5.74, 6) is 0. The van der Waals surface area contributed by atoms with Gasteiger partial charge in [-0.25, -0.2) is 4.98 Å². The molecule has 2 aromatic rings. The zero-order chi connectivity index (χ0) is 10.8. The van der Waals surface area contributed by atoms with Gasteiger partial charge >= 0.3 is 0 Å². The van der Waals surface area contributed by atoms with Gasteiger partial charge in [0.1, 0.15) is 0 Å². The lowest BCUT2D eigenvalue weighted by atomic mass is 10.2. The van der Waals surface area contributed by atoms with Crippen molar-refractivity contribution in [2.24, 2.45) is 0 Å². The molecule has 78 valence electrons. The molecule has 4 heteroatoms. The number of nitrogens with two attached hydrogens (primary N) is 1. The second-order valence-electron chi connectivity index (χ2n) is 3.47. The number of nitrogens with one attached hydrogen (secondary N) is 1. The Bertz CT molecular complexity index is 476. The highest BCUT2D eigenvalue weighted by molar-refractivity contribution is 7.15. The molecule has 1 aromatic heterocycles. The van der Waals surface area contributed by atoms with Crippen molar-refractivity contribution in [3.8, 4) is 0 Å². The van der Waals surface area contributed by atoms with Gasteiger partial charge in [-0.1, -0.05) is 6.07 Å². The summed E-state index contributed by atoms with van der Waals surface area (Å²) in [7, 11) is 0. The van der Waals surface area contributed by atoms with E-state index in [0.717, 1.165) is 22.1 Å². The van der Waals surface area contributed by atoms with Crippen LogP contribution in [0, 0.1) is 13.8 Å². The predicted octanol–water partition coefficient (Wildman–Crippen LogP) is 3.09. The Kier molecular flexibility index (Phi) is 2.60. The predicted molar refractivity (Wildman–Crippen MR) is 65.7 cm³/mol. The van der Waals surface area contributed by atoms with Crippen LogP contribution in [-0.4, -0.2) is 4.98 Å². The van der Waals surface area contributed by atoms with Crippen molar-refractivity contribution in [2.45, 2.75) is 13.8 Å². The maximum atomic E-state index is 5.82. The van der Waals surface area contributed by atoms with Crippen LogP contribution in [0.15, 0.2) is 24.4 Å². The lowest BCUT2D eigenvalue weighted by molar-refractivity contribution is 1.36. The molecular weight excluding hydrogens is 206 g/mol. The Hall–Kier alpha value is -1.55. The van der Waals surface area contributed by atoms with E-state index in [4.69, 9.17) is 5.73 Å². The number of anilines is 3. The van der Waals surface area contributed by atoms with Gasteiger partial charge in [0.05, 0.1) is 0 Å². The summed E-state index contributed by atoms with van der Waals surface area (Å²) < 4.78 is 0. The summed E-state index contributed by atoms with van der Waals surface area (Å²) in [5, 5.41) is 4.12. The summed E-state index contributed by atoms with van der Waals surface area (Å²) in [4.78, 5) is 5.42. The van der Waals surface area contributed by atoms with Gasteiger partial charge in [-0.15, -0.1) is 11.3 Å². The van der Waals surface area contributed by atoms with Crippen molar-refractivity contribution in [1.82, 2.24) is 4.98 Å². The first-order valence-corrected chi connectivity index (χ1v) is 5.52. The molecular formula is C11H13N3S. The number of nitrogen functional groups attached to an aromatic ring is 1. The lowest BCUT2D eigenvalue weighted by Gasteiger charge is -2.05. The van der Waals surface area contributed by atoms with Crippen LogP contribution in [-0.2, 0) is 0 Å². The smallest absolute Gasteiger partial charge is 0.187 e. The molecule has 0 spiro atoms. The Balaban J connectivity index is 2.21. The maximum Gasteiger partial charge on any atom is 0.187 e. The molecule has 0 saturated heterocycles. The summed E-state index contributed by atoms with van der Waals surface area (Å²) in [5.41, 5.74) is 8.69. The van der Waals surface area contributed by atoms with Gasteiger partial charge in [0, 0.05) is 22.4 Å². The standard InChI is InChI=1S/C11H13N3S/c1-7-3-4-9(5-10(7)12)14-11-13-6-8(2)15-11/h3-6H,12H2,1-2H3,(H,13,14). The third-order valence-electron chi connectivity index (χ3n) is 2.15. The van der Waals surface area contributed by atoms with E-state index in [1.807, 2.05) is 38.2 Å². The SMILES string of the molecule is Cc1cnc(Nc2ccc(C)c(N)c2)s1. The number of rotatable bonds is 2. The number of benzene rings is 1. The molecule has 0 aliphatic heterocycles. The minimum Gasteiger partial charge on any atom is -0.398 e. The number of hydrogen-bond donors (Lipinski definition) is 2. The van der Waals surface area contributed by atoms with Gasteiger partial charge in [0.2, 0.25) is 0 Å². The highest BCUT2D eigenvalue weighted by Crippen LogP contribution is 2.24.